The number of amidine groups is 1. The number of nitrogens with one attached hydrogen (secondary N) is 1. The number of hydrogen-bond donors (Lipinski definition) is 2. The summed E-state index contributed by atoms with van der Waals surface area (Å²) in [6, 6.07) is 16.2. The van der Waals surface area contributed by atoms with Crippen molar-refractivity contribution in [3.8, 4) is 5.75 Å². The summed E-state index contributed by atoms with van der Waals surface area (Å²) in [6.45, 7) is 4.34. The van der Waals surface area contributed by atoms with E-state index in [0.29, 0.717) is 22.4 Å². The molecule has 2 N–H and O–H groups in total. The molecular formula is C26H20BrIN2O4S. The molecule has 0 unspecified atom stereocenters. The SMILES string of the molecule is Cc1cc(N=C2NC(=O)/C(=C/c3ccc(OCc4ccc(C(=O)O)cc4)c(I)c3)S2)cc(C)c1Br. The van der Waals surface area contributed by atoms with Gasteiger partial charge in [0.2, 0.25) is 0 Å². The second-order valence-corrected chi connectivity index (χ2v) is 10.8. The van der Waals surface area contributed by atoms with E-state index in [9.17, 15) is 9.59 Å². The monoisotopic (exact) mass is 662 g/mol. The number of halogens is 2. The van der Waals surface area contributed by atoms with Crippen LogP contribution in [0.2, 0.25) is 0 Å². The van der Waals surface area contributed by atoms with Crippen LogP contribution in [0.3, 0.4) is 0 Å². The molecule has 0 aliphatic carbocycles. The van der Waals surface area contributed by atoms with Crippen LogP contribution in [0.4, 0.5) is 5.69 Å². The lowest BCUT2D eigenvalue weighted by Gasteiger charge is -2.09. The fraction of sp³-hybridized carbons (Fsp3) is 0.115. The molecule has 1 heterocycles. The van der Waals surface area contributed by atoms with Crippen molar-refractivity contribution in [2.45, 2.75) is 20.5 Å². The molecule has 1 fully saturated rings. The number of aliphatic imine (C=N–C) groups is 1. The molecule has 0 aromatic heterocycles. The van der Waals surface area contributed by atoms with Crippen molar-refractivity contribution in [1.82, 2.24) is 5.32 Å². The van der Waals surface area contributed by atoms with Gasteiger partial charge < -0.3 is 15.2 Å². The Bertz CT molecular complexity index is 1360. The maximum atomic E-state index is 12.5. The molecule has 0 radical (unpaired) electrons. The number of ether oxygens (including phenoxy) is 1. The zero-order chi connectivity index (χ0) is 25.1. The van der Waals surface area contributed by atoms with Crippen LogP contribution in [0.25, 0.3) is 6.08 Å². The summed E-state index contributed by atoms with van der Waals surface area (Å²) < 4.78 is 7.86. The van der Waals surface area contributed by atoms with Crippen LogP contribution in [-0.2, 0) is 11.4 Å². The third kappa shape index (κ3) is 6.33. The Balaban J connectivity index is 1.44. The van der Waals surface area contributed by atoms with Gasteiger partial charge in [0.25, 0.3) is 5.91 Å². The van der Waals surface area contributed by atoms with Crippen LogP contribution in [0, 0.1) is 17.4 Å². The van der Waals surface area contributed by atoms with E-state index in [1.54, 1.807) is 24.3 Å². The van der Waals surface area contributed by atoms with Crippen LogP contribution in [0.15, 0.2) is 69.0 Å². The molecule has 3 aromatic carbocycles. The van der Waals surface area contributed by atoms with E-state index in [0.717, 1.165) is 36.0 Å². The summed E-state index contributed by atoms with van der Waals surface area (Å²) in [4.78, 5) is 28.6. The van der Waals surface area contributed by atoms with Gasteiger partial charge in [-0.15, -0.1) is 0 Å². The Morgan fingerprint density at radius 1 is 1.14 bits per heavy atom. The fourth-order valence-corrected chi connectivity index (χ4v) is 5.13. The lowest BCUT2D eigenvalue weighted by Crippen LogP contribution is -2.19. The average molecular weight is 663 g/mol. The molecule has 1 aliphatic heterocycles. The van der Waals surface area contributed by atoms with Gasteiger partial charge in [0.15, 0.2) is 5.17 Å². The highest BCUT2D eigenvalue weighted by atomic mass is 127. The van der Waals surface area contributed by atoms with Crippen molar-refractivity contribution in [3.63, 3.8) is 0 Å². The summed E-state index contributed by atoms with van der Waals surface area (Å²) in [5.41, 5.74) is 4.96. The number of amides is 1. The predicted molar refractivity (Wildman–Crippen MR) is 151 cm³/mol. The minimum Gasteiger partial charge on any atom is -0.488 e. The highest BCUT2D eigenvalue weighted by Crippen LogP contribution is 2.32. The predicted octanol–water partition coefficient (Wildman–Crippen LogP) is 6.84. The van der Waals surface area contributed by atoms with Gasteiger partial charge in [0.05, 0.1) is 19.7 Å². The molecule has 1 saturated heterocycles. The van der Waals surface area contributed by atoms with Crippen LogP contribution in [0.1, 0.15) is 32.6 Å². The molecule has 3 aromatic rings. The first-order valence-corrected chi connectivity index (χ1v) is 13.2. The Kier molecular flexibility index (Phi) is 7.98. The van der Waals surface area contributed by atoms with Gasteiger partial charge in [-0.25, -0.2) is 9.79 Å². The van der Waals surface area contributed by atoms with Crippen molar-refractivity contribution in [1.29, 1.82) is 0 Å². The molecule has 0 saturated carbocycles. The van der Waals surface area contributed by atoms with Crippen LogP contribution < -0.4 is 10.1 Å². The quantitative estimate of drug-likeness (QED) is 0.223. The standard InChI is InChI=1S/C26H20BrIN2O4S/c1-14-9-19(10-15(2)23(14)27)29-26-30-24(31)22(35-26)12-17-5-8-21(20(28)11-17)34-13-16-3-6-18(7-4-16)25(32)33/h3-12H,13H2,1-2H3,(H,32,33)(H,29,30,31)/b22-12-. The summed E-state index contributed by atoms with van der Waals surface area (Å²) in [5.74, 6) is -0.427. The number of carbonyl (C=O) groups excluding carboxylic acids is 1. The Hall–Kier alpha value is -2.63. The van der Waals surface area contributed by atoms with E-state index in [1.807, 2.05) is 50.3 Å². The second kappa shape index (κ2) is 11.0. The van der Waals surface area contributed by atoms with Crippen molar-refractivity contribution in [2.75, 3.05) is 0 Å². The first-order chi connectivity index (χ1) is 16.7. The van der Waals surface area contributed by atoms with Crippen LogP contribution >= 0.6 is 50.3 Å². The molecule has 9 heteroatoms. The van der Waals surface area contributed by atoms with Gasteiger partial charge in [-0.1, -0.05) is 34.1 Å². The summed E-state index contributed by atoms with van der Waals surface area (Å²) in [7, 11) is 0. The third-order valence-electron chi connectivity index (χ3n) is 5.15. The average Bonchev–Trinajstić information content (AvgIpc) is 3.15. The minimum absolute atomic E-state index is 0.181. The van der Waals surface area contributed by atoms with E-state index < -0.39 is 5.97 Å². The lowest BCUT2D eigenvalue weighted by atomic mass is 10.1. The molecule has 0 spiro atoms. The molecule has 0 bridgehead atoms. The highest BCUT2D eigenvalue weighted by molar-refractivity contribution is 14.1. The first kappa shape index (κ1) is 25.5. The Morgan fingerprint density at radius 2 is 1.83 bits per heavy atom. The van der Waals surface area contributed by atoms with E-state index >= 15 is 0 Å². The highest BCUT2D eigenvalue weighted by Gasteiger charge is 2.24. The van der Waals surface area contributed by atoms with E-state index in [4.69, 9.17) is 9.84 Å². The van der Waals surface area contributed by atoms with Crippen LogP contribution in [0.5, 0.6) is 5.75 Å². The summed E-state index contributed by atoms with van der Waals surface area (Å²) in [6.07, 6.45) is 1.83. The zero-order valence-electron chi connectivity index (χ0n) is 18.8. The Morgan fingerprint density at radius 3 is 2.46 bits per heavy atom. The molecule has 35 heavy (non-hydrogen) atoms. The number of nitrogens with zero attached hydrogens (tertiary/aromatic N) is 1. The molecule has 0 atom stereocenters. The number of aryl methyl sites for hydroxylation is 2. The Labute approximate surface area is 229 Å². The molecule has 178 valence electrons. The maximum Gasteiger partial charge on any atom is 0.335 e. The largest absolute Gasteiger partial charge is 0.488 e. The van der Waals surface area contributed by atoms with E-state index in [-0.39, 0.29) is 11.5 Å². The van der Waals surface area contributed by atoms with Gasteiger partial charge >= 0.3 is 5.97 Å². The second-order valence-electron chi connectivity index (χ2n) is 7.86. The summed E-state index contributed by atoms with van der Waals surface area (Å²) >= 11 is 7.06. The zero-order valence-corrected chi connectivity index (χ0v) is 23.3. The van der Waals surface area contributed by atoms with Gasteiger partial charge in [-0.3, -0.25) is 4.79 Å². The van der Waals surface area contributed by atoms with Crippen molar-refractivity contribution in [2.24, 2.45) is 4.99 Å². The third-order valence-corrected chi connectivity index (χ3v) is 8.16. The molecular weight excluding hydrogens is 643 g/mol. The number of rotatable bonds is 6. The van der Waals surface area contributed by atoms with E-state index in [1.165, 1.54) is 11.8 Å². The topological polar surface area (TPSA) is 88.0 Å². The van der Waals surface area contributed by atoms with Crippen molar-refractivity contribution >= 4 is 79.1 Å². The number of carboxylic acid groups (broad SMARTS) is 1. The van der Waals surface area contributed by atoms with Crippen molar-refractivity contribution in [3.05, 3.63) is 95.4 Å². The van der Waals surface area contributed by atoms with Gasteiger partial charge in [0, 0.05) is 4.47 Å². The number of hydrogen-bond acceptors (Lipinski definition) is 5. The minimum atomic E-state index is -0.956. The number of carbonyl (C=O) groups is 2. The van der Waals surface area contributed by atoms with Gasteiger partial charge in [-0.05, 0) is 113 Å². The van der Waals surface area contributed by atoms with Gasteiger partial charge in [0.1, 0.15) is 12.4 Å². The van der Waals surface area contributed by atoms with Crippen molar-refractivity contribution < 1.29 is 19.4 Å². The van der Waals surface area contributed by atoms with Gasteiger partial charge in [-0.2, -0.15) is 0 Å². The normalized spacial score (nSPS) is 15.5. The van der Waals surface area contributed by atoms with E-state index in [2.05, 4.69) is 48.8 Å². The fourth-order valence-electron chi connectivity index (χ4n) is 3.37. The molecule has 1 aliphatic rings. The molecule has 6 nitrogen and oxygen atoms in total. The molecule has 1 amide bonds. The smallest absolute Gasteiger partial charge is 0.335 e. The maximum absolute atomic E-state index is 12.5. The lowest BCUT2D eigenvalue weighted by molar-refractivity contribution is -0.115. The summed E-state index contributed by atoms with van der Waals surface area (Å²) in [5, 5.41) is 12.4. The van der Waals surface area contributed by atoms with Crippen LogP contribution in [-0.4, -0.2) is 22.2 Å². The molecule has 4 rings (SSSR count). The number of carboxylic acids is 1. The number of aromatic carboxylic acids is 1. The number of benzene rings is 3. The number of thioether (sulfide) groups is 1. The first-order valence-electron chi connectivity index (χ1n) is 10.5.